The molecule has 0 aromatic heterocycles. The summed E-state index contributed by atoms with van der Waals surface area (Å²) in [6.45, 7) is 14.2. The molecule has 5 aromatic carbocycles. The lowest BCUT2D eigenvalue weighted by Crippen LogP contribution is -2.22. The van der Waals surface area contributed by atoms with E-state index >= 15 is 0 Å². The minimum atomic E-state index is 0.509. The Hall–Kier alpha value is -4.16. The van der Waals surface area contributed by atoms with E-state index in [-0.39, 0.29) is 0 Å². The average Bonchev–Trinajstić information content (AvgIpc) is 3.79. The summed E-state index contributed by atoms with van der Waals surface area (Å²) in [6.07, 6.45) is 35.0. The van der Waals surface area contributed by atoms with E-state index in [0.29, 0.717) is 28.1 Å². The van der Waals surface area contributed by atoms with Crippen LogP contribution in [0.3, 0.4) is 0 Å². The summed E-state index contributed by atoms with van der Waals surface area (Å²) in [7, 11) is 0. The lowest BCUT2D eigenvalue weighted by molar-refractivity contribution is 0.199. The monoisotopic (exact) mass is 923 g/mol. The van der Waals surface area contributed by atoms with Gasteiger partial charge in [0.25, 0.3) is 0 Å². The van der Waals surface area contributed by atoms with Gasteiger partial charge in [0, 0.05) is 11.8 Å². The van der Waals surface area contributed by atoms with E-state index in [4.69, 9.17) is 0 Å². The highest BCUT2D eigenvalue weighted by Crippen LogP contribution is 2.51. The molecule has 0 nitrogen and oxygen atoms in total. The molecular formula is C69H94. The van der Waals surface area contributed by atoms with E-state index in [0.717, 1.165) is 0 Å². The minimum absolute atomic E-state index is 0.509. The summed E-state index contributed by atoms with van der Waals surface area (Å²) in [4.78, 5) is 0. The Morgan fingerprint density at radius 1 is 0.391 bits per heavy atom. The van der Waals surface area contributed by atoms with Gasteiger partial charge in [-0.3, -0.25) is 0 Å². The first-order valence-corrected chi connectivity index (χ1v) is 28.9. The molecule has 0 heteroatoms. The summed E-state index contributed by atoms with van der Waals surface area (Å²) in [5.41, 5.74) is 17.7. The first-order chi connectivity index (χ1) is 33.8. The third-order valence-corrected chi connectivity index (χ3v) is 18.5. The molecule has 0 amide bonds. The van der Waals surface area contributed by atoms with Crippen LogP contribution in [0.2, 0.25) is 0 Å². The quantitative estimate of drug-likeness (QED) is 0.0974. The molecule has 0 bridgehead atoms. The van der Waals surface area contributed by atoms with Crippen LogP contribution in [-0.2, 0) is 19.3 Å². The fraction of sp³-hybridized carbons (Fsp3) is 0.536. The molecule has 5 atom stereocenters. The molecular weight excluding hydrogens is 829 g/mol. The largest absolute Gasteiger partial charge is 0.0664 e. The molecule has 0 heterocycles. The van der Waals surface area contributed by atoms with Gasteiger partial charge in [-0.15, -0.1) is 0 Å². The van der Waals surface area contributed by atoms with Crippen LogP contribution in [0, 0.1) is 16.2 Å². The second-order valence-corrected chi connectivity index (χ2v) is 22.6. The van der Waals surface area contributed by atoms with Crippen LogP contribution in [0.4, 0.5) is 0 Å². The molecule has 9 rings (SSSR count). The van der Waals surface area contributed by atoms with Crippen molar-refractivity contribution in [2.45, 2.75) is 220 Å². The molecule has 0 aliphatic heterocycles. The molecule has 1 unspecified atom stereocenters. The average molecular weight is 924 g/mol. The molecule has 69 heavy (non-hydrogen) atoms. The van der Waals surface area contributed by atoms with Gasteiger partial charge >= 0.3 is 0 Å². The van der Waals surface area contributed by atoms with E-state index < -0.39 is 0 Å². The predicted octanol–water partition coefficient (Wildman–Crippen LogP) is 20.8. The minimum Gasteiger partial charge on any atom is -0.0664 e. The molecule has 370 valence electrons. The van der Waals surface area contributed by atoms with Crippen molar-refractivity contribution in [3.05, 3.63) is 184 Å². The zero-order valence-electron chi connectivity index (χ0n) is 44.7. The molecule has 4 aliphatic rings. The molecule has 0 saturated heterocycles. The van der Waals surface area contributed by atoms with Crippen LogP contribution in [0.25, 0.3) is 5.57 Å². The molecule has 0 radical (unpaired) electrons. The Kier molecular flexibility index (Phi) is 20.1. The van der Waals surface area contributed by atoms with Crippen molar-refractivity contribution in [1.82, 2.24) is 0 Å². The van der Waals surface area contributed by atoms with Crippen molar-refractivity contribution < 1.29 is 0 Å². The Morgan fingerprint density at radius 3 is 1.25 bits per heavy atom. The van der Waals surface area contributed by atoms with Crippen molar-refractivity contribution in [3.8, 4) is 0 Å². The summed E-state index contributed by atoms with van der Waals surface area (Å²) in [5, 5.41) is 0. The van der Waals surface area contributed by atoms with E-state index in [1.807, 2.05) is 0 Å². The van der Waals surface area contributed by atoms with Gasteiger partial charge in [0.15, 0.2) is 0 Å². The normalized spacial score (nSPS) is 24.4. The first-order valence-electron chi connectivity index (χ1n) is 28.9. The van der Waals surface area contributed by atoms with Gasteiger partial charge in [0.05, 0.1) is 0 Å². The maximum Gasteiger partial charge on any atom is 0.00973 e. The van der Waals surface area contributed by atoms with Crippen LogP contribution in [0.5, 0.6) is 0 Å². The number of benzene rings is 5. The Labute approximate surface area is 423 Å². The first kappa shape index (κ1) is 52.7. The smallest absolute Gasteiger partial charge is 0.00973 e. The highest BCUT2D eigenvalue weighted by Gasteiger charge is 2.37. The second-order valence-electron chi connectivity index (χ2n) is 22.6. The topological polar surface area (TPSA) is 0 Å². The number of allylic oxidation sites excluding steroid dienone is 2. The highest BCUT2D eigenvalue weighted by atomic mass is 14.4. The van der Waals surface area contributed by atoms with Gasteiger partial charge < -0.3 is 0 Å². The Morgan fingerprint density at radius 2 is 0.783 bits per heavy atom. The van der Waals surface area contributed by atoms with Crippen LogP contribution in [0.1, 0.15) is 246 Å². The second kappa shape index (κ2) is 26.3. The number of aryl methyl sites for hydroxylation is 3. The summed E-state index contributed by atoms with van der Waals surface area (Å²) < 4.78 is 0. The SMILES string of the molecule is CCCCC1(CC)CCc2ccccc2C(=C2CCCCC2)C1.CCCC[C@]1(CC)CCc2ccccc2[C@@H](c2ccccc2)C1.CCCC[C@]1(CC)CCc2ccccc2[C@H](c2ccccc2)C1. The fourth-order valence-electron chi connectivity index (χ4n) is 13.6. The van der Waals surface area contributed by atoms with Gasteiger partial charge in [-0.1, -0.05) is 245 Å². The maximum atomic E-state index is 2.44. The van der Waals surface area contributed by atoms with E-state index in [2.05, 4.69) is 175 Å². The zero-order valence-corrected chi connectivity index (χ0v) is 44.7. The van der Waals surface area contributed by atoms with E-state index in [9.17, 15) is 0 Å². The van der Waals surface area contributed by atoms with Gasteiger partial charge in [-0.05, 0) is 169 Å². The van der Waals surface area contributed by atoms with Crippen molar-refractivity contribution >= 4 is 5.57 Å². The van der Waals surface area contributed by atoms with E-state index in [1.54, 1.807) is 44.5 Å². The van der Waals surface area contributed by atoms with Crippen LogP contribution in [0.15, 0.2) is 139 Å². The third kappa shape index (κ3) is 13.6. The number of hydrogen-bond acceptors (Lipinski definition) is 0. The summed E-state index contributed by atoms with van der Waals surface area (Å²) >= 11 is 0. The molecule has 1 fully saturated rings. The van der Waals surface area contributed by atoms with Gasteiger partial charge in [-0.25, -0.2) is 0 Å². The van der Waals surface area contributed by atoms with Crippen molar-refractivity contribution in [1.29, 1.82) is 0 Å². The number of unbranched alkanes of at least 4 members (excludes halogenated alkanes) is 3. The van der Waals surface area contributed by atoms with Crippen molar-refractivity contribution in [2.75, 3.05) is 0 Å². The molecule has 1 saturated carbocycles. The van der Waals surface area contributed by atoms with Crippen LogP contribution >= 0.6 is 0 Å². The van der Waals surface area contributed by atoms with Crippen LogP contribution < -0.4 is 0 Å². The van der Waals surface area contributed by atoms with Crippen LogP contribution in [-0.4, -0.2) is 0 Å². The van der Waals surface area contributed by atoms with E-state index in [1.165, 1.54) is 178 Å². The van der Waals surface area contributed by atoms with Gasteiger partial charge in [0.2, 0.25) is 0 Å². The molecule has 5 aromatic rings. The zero-order chi connectivity index (χ0) is 48.4. The lowest BCUT2D eigenvalue weighted by Gasteiger charge is -2.35. The molecule has 0 spiro atoms. The standard InChI is InChI=1S/C23H34.2C23H30/c3*1-3-5-16-23(4-2)17-15-20-13-9-10-14-21(20)22(18-23)19-11-7-6-8-12-19/h9-10,13-14H,3-8,11-12,15-18H2,1-2H3;2*6-14,22H,3-5,15-18H2,1-2H3/t;22-,23+;22-,23-/m.01/s1. The number of rotatable bonds is 14. The maximum absolute atomic E-state index is 2.44. The lowest BCUT2D eigenvalue weighted by atomic mass is 9.70. The van der Waals surface area contributed by atoms with Crippen molar-refractivity contribution in [2.24, 2.45) is 16.2 Å². The Balaban J connectivity index is 0.000000153. The van der Waals surface area contributed by atoms with Gasteiger partial charge in [0.1, 0.15) is 0 Å². The third-order valence-electron chi connectivity index (χ3n) is 18.5. The summed E-state index contributed by atoms with van der Waals surface area (Å²) in [5.74, 6) is 1.12. The highest BCUT2D eigenvalue weighted by molar-refractivity contribution is 5.72. The molecule has 0 N–H and O–H groups in total. The summed E-state index contributed by atoms with van der Waals surface area (Å²) in [6, 6.07) is 50.0. The fourth-order valence-corrected chi connectivity index (χ4v) is 13.6. The van der Waals surface area contributed by atoms with Crippen molar-refractivity contribution in [3.63, 3.8) is 0 Å². The number of hydrogen-bond donors (Lipinski definition) is 0. The Bertz CT molecular complexity index is 2170. The molecule has 4 aliphatic carbocycles. The predicted molar refractivity (Wildman–Crippen MR) is 301 cm³/mol. The number of fused-ring (bicyclic) bond motifs is 3. The van der Waals surface area contributed by atoms with Gasteiger partial charge in [-0.2, -0.15) is 0 Å².